The average molecular weight is 205 g/mol. The van der Waals surface area contributed by atoms with Crippen molar-refractivity contribution in [3.05, 3.63) is 11.6 Å². The molecule has 76 valence electrons. The molecular weight excluding hydrogens is 188 g/mol. The van der Waals surface area contributed by atoms with Gasteiger partial charge in [-0.25, -0.2) is 0 Å². The molecule has 0 aromatic carbocycles. The number of carbonyl (C=O) groups is 1. The molecule has 0 spiro atoms. The third-order valence-electron chi connectivity index (χ3n) is 1.60. The Morgan fingerprint density at radius 1 is 1.62 bits per heavy atom. The summed E-state index contributed by atoms with van der Waals surface area (Å²) < 4.78 is 0. The van der Waals surface area contributed by atoms with Gasteiger partial charge < -0.3 is 10.6 Å². The Labute approximate surface area is 84.5 Å². The third-order valence-corrected chi connectivity index (χ3v) is 1.74. The number of hydrogen-bond acceptors (Lipinski definition) is 2. The first-order chi connectivity index (χ1) is 6.07. The van der Waals surface area contributed by atoms with E-state index in [9.17, 15) is 4.79 Å². The maximum Gasteiger partial charge on any atom is 0.224 e. The molecule has 1 atom stereocenters. The number of halogens is 1. The Bertz CT molecular complexity index is 182. The van der Waals surface area contributed by atoms with Crippen LogP contribution < -0.4 is 10.6 Å². The zero-order valence-electron chi connectivity index (χ0n) is 8.19. The highest BCUT2D eigenvalue weighted by atomic mass is 35.5. The fourth-order valence-electron chi connectivity index (χ4n) is 0.811. The molecule has 0 aromatic heterocycles. The second-order valence-electron chi connectivity index (χ2n) is 2.94. The Morgan fingerprint density at radius 2 is 2.23 bits per heavy atom. The van der Waals surface area contributed by atoms with E-state index in [2.05, 4.69) is 17.2 Å². The molecule has 0 radical (unpaired) electrons. The molecule has 0 bridgehead atoms. The predicted octanol–water partition coefficient (Wildman–Crippen LogP) is 1.10. The topological polar surface area (TPSA) is 41.1 Å². The summed E-state index contributed by atoms with van der Waals surface area (Å²) in [7, 11) is 0. The highest BCUT2D eigenvalue weighted by Crippen LogP contribution is 1.96. The lowest BCUT2D eigenvalue weighted by Crippen LogP contribution is -2.35. The van der Waals surface area contributed by atoms with Crippen molar-refractivity contribution in [1.82, 2.24) is 10.6 Å². The number of amides is 1. The molecule has 0 aromatic rings. The second-order valence-corrected chi connectivity index (χ2v) is 3.48. The predicted molar refractivity (Wildman–Crippen MR) is 55.7 cm³/mol. The minimum absolute atomic E-state index is 0.00255. The van der Waals surface area contributed by atoms with Crippen LogP contribution in [0, 0.1) is 5.92 Å². The summed E-state index contributed by atoms with van der Waals surface area (Å²) in [5.74, 6) is -0.0290. The van der Waals surface area contributed by atoms with Gasteiger partial charge in [-0.1, -0.05) is 32.0 Å². The van der Waals surface area contributed by atoms with Gasteiger partial charge in [0.2, 0.25) is 5.91 Å². The molecule has 0 fully saturated rings. The Kier molecular flexibility index (Phi) is 6.63. The molecule has 0 aliphatic heterocycles. The lowest BCUT2D eigenvalue weighted by molar-refractivity contribution is -0.124. The normalized spacial score (nSPS) is 12.2. The van der Waals surface area contributed by atoms with Crippen molar-refractivity contribution in [3.8, 4) is 0 Å². The van der Waals surface area contributed by atoms with Crippen LogP contribution in [0.1, 0.15) is 13.8 Å². The van der Waals surface area contributed by atoms with Crippen molar-refractivity contribution in [2.45, 2.75) is 13.8 Å². The maximum absolute atomic E-state index is 11.3. The number of nitrogens with one attached hydrogen (secondary N) is 2. The van der Waals surface area contributed by atoms with Gasteiger partial charge in [0, 0.05) is 17.5 Å². The average Bonchev–Trinajstić information content (AvgIpc) is 2.10. The molecule has 0 saturated heterocycles. The van der Waals surface area contributed by atoms with E-state index in [-0.39, 0.29) is 11.8 Å². The quantitative estimate of drug-likeness (QED) is 0.681. The van der Waals surface area contributed by atoms with Crippen molar-refractivity contribution in [2.75, 3.05) is 19.6 Å². The molecule has 0 rings (SSSR count). The summed E-state index contributed by atoms with van der Waals surface area (Å²) in [6, 6.07) is 0. The van der Waals surface area contributed by atoms with E-state index < -0.39 is 0 Å². The van der Waals surface area contributed by atoms with Crippen LogP contribution >= 0.6 is 11.6 Å². The van der Waals surface area contributed by atoms with Crippen LogP contribution in [0.25, 0.3) is 0 Å². The second kappa shape index (κ2) is 6.92. The van der Waals surface area contributed by atoms with Crippen LogP contribution in [0.4, 0.5) is 0 Å². The third kappa shape index (κ3) is 6.61. The van der Waals surface area contributed by atoms with E-state index in [0.717, 1.165) is 6.54 Å². The van der Waals surface area contributed by atoms with E-state index in [1.54, 1.807) is 0 Å². The summed E-state index contributed by atoms with van der Waals surface area (Å²) in [6.07, 6.45) is 0. The lowest BCUT2D eigenvalue weighted by Gasteiger charge is -2.11. The van der Waals surface area contributed by atoms with Gasteiger partial charge in [0.25, 0.3) is 0 Å². The van der Waals surface area contributed by atoms with Crippen molar-refractivity contribution < 1.29 is 4.79 Å². The van der Waals surface area contributed by atoms with Gasteiger partial charge in [0.15, 0.2) is 0 Å². The van der Waals surface area contributed by atoms with Gasteiger partial charge in [-0.05, 0) is 6.54 Å². The molecule has 0 saturated carbocycles. The minimum atomic E-state index is -0.0315. The summed E-state index contributed by atoms with van der Waals surface area (Å²) in [4.78, 5) is 11.3. The monoisotopic (exact) mass is 204 g/mol. The molecular formula is C9H17ClN2O. The van der Waals surface area contributed by atoms with Crippen LogP contribution in [0.5, 0.6) is 0 Å². The molecule has 1 unspecified atom stereocenters. The molecule has 1 amide bonds. The molecule has 0 heterocycles. The minimum Gasteiger partial charge on any atom is -0.351 e. The van der Waals surface area contributed by atoms with Crippen molar-refractivity contribution in [1.29, 1.82) is 0 Å². The molecule has 0 aliphatic rings. The van der Waals surface area contributed by atoms with Gasteiger partial charge in [-0.3, -0.25) is 4.79 Å². The number of hydrogen-bond donors (Lipinski definition) is 2. The first kappa shape index (κ1) is 12.5. The van der Waals surface area contributed by atoms with Crippen LogP contribution in [0.3, 0.4) is 0 Å². The van der Waals surface area contributed by atoms with Gasteiger partial charge in [0.1, 0.15) is 0 Å². The molecule has 13 heavy (non-hydrogen) atoms. The fourth-order valence-corrected chi connectivity index (χ4v) is 0.878. The van der Waals surface area contributed by atoms with Gasteiger partial charge in [-0.15, -0.1) is 0 Å². The van der Waals surface area contributed by atoms with Crippen molar-refractivity contribution >= 4 is 17.5 Å². The van der Waals surface area contributed by atoms with Crippen LogP contribution in [0.15, 0.2) is 11.6 Å². The molecule has 3 nitrogen and oxygen atoms in total. The highest BCUT2D eigenvalue weighted by Gasteiger charge is 2.10. The Morgan fingerprint density at radius 3 is 2.69 bits per heavy atom. The standard InChI is InChI=1S/C9H17ClN2O/c1-4-11-5-7(2)9(13)12-6-8(3)10/h7,11H,3-6H2,1-2H3,(H,12,13). The molecule has 0 aliphatic carbocycles. The summed E-state index contributed by atoms with van der Waals surface area (Å²) in [6.45, 7) is 9.27. The van der Waals surface area contributed by atoms with Crippen molar-refractivity contribution in [3.63, 3.8) is 0 Å². The maximum atomic E-state index is 11.3. The highest BCUT2D eigenvalue weighted by molar-refractivity contribution is 6.29. The zero-order valence-corrected chi connectivity index (χ0v) is 8.95. The van der Waals surface area contributed by atoms with E-state index >= 15 is 0 Å². The van der Waals surface area contributed by atoms with E-state index in [1.165, 1.54) is 0 Å². The summed E-state index contributed by atoms with van der Waals surface area (Å²) in [5, 5.41) is 6.23. The van der Waals surface area contributed by atoms with Crippen LogP contribution in [-0.4, -0.2) is 25.5 Å². The van der Waals surface area contributed by atoms with Crippen LogP contribution in [0.2, 0.25) is 0 Å². The van der Waals surface area contributed by atoms with Crippen LogP contribution in [-0.2, 0) is 4.79 Å². The summed E-state index contributed by atoms with van der Waals surface area (Å²) >= 11 is 5.51. The SMILES string of the molecule is C=C(Cl)CNC(=O)C(C)CNCC. The van der Waals surface area contributed by atoms with E-state index in [4.69, 9.17) is 11.6 Å². The van der Waals surface area contributed by atoms with Gasteiger partial charge in [0.05, 0.1) is 6.54 Å². The number of carbonyl (C=O) groups excluding carboxylic acids is 1. The first-order valence-electron chi connectivity index (χ1n) is 4.39. The van der Waals surface area contributed by atoms with Gasteiger partial charge in [-0.2, -0.15) is 0 Å². The Balaban J connectivity index is 3.63. The van der Waals surface area contributed by atoms with E-state index in [1.807, 2.05) is 13.8 Å². The Hall–Kier alpha value is -0.540. The largest absolute Gasteiger partial charge is 0.351 e. The smallest absolute Gasteiger partial charge is 0.224 e. The number of rotatable bonds is 6. The van der Waals surface area contributed by atoms with E-state index in [0.29, 0.717) is 18.1 Å². The van der Waals surface area contributed by atoms with Crippen molar-refractivity contribution in [2.24, 2.45) is 5.92 Å². The molecule has 4 heteroatoms. The first-order valence-corrected chi connectivity index (χ1v) is 4.77. The zero-order chi connectivity index (χ0) is 10.3. The lowest BCUT2D eigenvalue weighted by atomic mass is 10.1. The van der Waals surface area contributed by atoms with Gasteiger partial charge >= 0.3 is 0 Å². The molecule has 2 N–H and O–H groups in total. The fraction of sp³-hybridized carbons (Fsp3) is 0.667. The summed E-state index contributed by atoms with van der Waals surface area (Å²) in [5.41, 5.74) is 0.